The first kappa shape index (κ1) is 14.3. The quantitative estimate of drug-likeness (QED) is 0.918. The monoisotopic (exact) mass is 275 g/mol. The largest absolute Gasteiger partial charge is 0.393 e. The summed E-state index contributed by atoms with van der Waals surface area (Å²) in [7, 11) is 1.67. The van der Waals surface area contributed by atoms with Gasteiger partial charge in [-0.3, -0.25) is 4.79 Å². The lowest BCUT2D eigenvalue weighted by molar-refractivity contribution is 0.0769. The fourth-order valence-electron chi connectivity index (χ4n) is 1.35. The topological polar surface area (TPSA) is 40.5 Å². The summed E-state index contributed by atoms with van der Waals surface area (Å²) < 4.78 is 0. The molecule has 0 aliphatic carbocycles. The van der Waals surface area contributed by atoms with E-state index in [0.717, 1.165) is 0 Å². The van der Waals surface area contributed by atoms with Crippen LogP contribution in [0.2, 0.25) is 10.0 Å². The maximum absolute atomic E-state index is 12.0. The van der Waals surface area contributed by atoms with Gasteiger partial charge in [0.1, 0.15) is 0 Å². The van der Waals surface area contributed by atoms with Crippen molar-refractivity contribution in [1.82, 2.24) is 4.90 Å². The molecule has 1 rings (SSSR count). The number of rotatable bonds is 4. The van der Waals surface area contributed by atoms with Crippen molar-refractivity contribution in [2.45, 2.75) is 19.4 Å². The van der Waals surface area contributed by atoms with E-state index in [-0.39, 0.29) is 5.91 Å². The number of benzene rings is 1. The predicted octanol–water partition coefficient (Wildman–Crippen LogP) is 2.84. The first-order valence-corrected chi connectivity index (χ1v) is 6.06. The van der Waals surface area contributed by atoms with Gasteiger partial charge in [-0.05, 0) is 31.5 Å². The fraction of sp³-hybridized carbons (Fsp3) is 0.417. The number of carbonyl (C=O) groups is 1. The highest BCUT2D eigenvalue weighted by atomic mass is 35.5. The van der Waals surface area contributed by atoms with Crippen molar-refractivity contribution >= 4 is 29.1 Å². The highest BCUT2D eigenvalue weighted by molar-refractivity contribution is 6.35. The molecule has 0 fully saturated rings. The van der Waals surface area contributed by atoms with E-state index in [2.05, 4.69) is 0 Å². The summed E-state index contributed by atoms with van der Waals surface area (Å²) in [5, 5.41) is 10.0. The lowest BCUT2D eigenvalue weighted by Gasteiger charge is -2.18. The van der Waals surface area contributed by atoms with Crippen LogP contribution in [0.1, 0.15) is 23.7 Å². The summed E-state index contributed by atoms with van der Waals surface area (Å²) in [5.74, 6) is -0.196. The van der Waals surface area contributed by atoms with E-state index in [4.69, 9.17) is 28.3 Å². The molecule has 1 amide bonds. The van der Waals surface area contributed by atoms with Crippen molar-refractivity contribution < 1.29 is 9.90 Å². The second kappa shape index (κ2) is 6.24. The Hall–Kier alpha value is -0.770. The minimum absolute atomic E-state index is 0.196. The SMILES string of the molecule is CC(O)CCN(C)C(=O)c1cc(Cl)ccc1Cl. The number of amides is 1. The Morgan fingerprint density at radius 3 is 2.71 bits per heavy atom. The van der Waals surface area contributed by atoms with Crippen LogP contribution in [0.25, 0.3) is 0 Å². The van der Waals surface area contributed by atoms with Crippen LogP contribution in [0.15, 0.2) is 18.2 Å². The zero-order valence-corrected chi connectivity index (χ0v) is 11.3. The minimum Gasteiger partial charge on any atom is -0.393 e. The first-order chi connectivity index (χ1) is 7.91. The van der Waals surface area contributed by atoms with Crippen molar-refractivity contribution in [3.05, 3.63) is 33.8 Å². The van der Waals surface area contributed by atoms with E-state index in [1.54, 1.807) is 32.2 Å². The van der Waals surface area contributed by atoms with Crippen LogP contribution in [-0.4, -0.2) is 35.6 Å². The zero-order chi connectivity index (χ0) is 13.0. The van der Waals surface area contributed by atoms with Gasteiger partial charge in [-0.1, -0.05) is 23.2 Å². The molecular formula is C12H15Cl2NO2. The molecule has 0 saturated heterocycles. The van der Waals surface area contributed by atoms with E-state index in [1.807, 2.05) is 0 Å². The molecular weight excluding hydrogens is 261 g/mol. The van der Waals surface area contributed by atoms with E-state index < -0.39 is 6.10 Å². The van der Waals surface area contributed by atoms with Gasteiger partial charge in [0.25, 0.3) is 5.91 Å². The van der Waals surface area contributed by atoms with Crippen LogP contribution in [0.4, 0.5) is 0 Å². The molecule has 1 unspecified atom stereocenters. The number of hydrogen-bond donors (Lipinski definition) is 1. The van der Waals surface area contributed by atoms with Crippen LogP contribution < -0.4 is 0 Å². The standard InChI is InChI=1S/C12H15Cl2NO2/c1-8(16)5-6-15(2)12(17)10-7-9(13)3-4-11(10)14/h3-4,7-8,16H,5-6H2,1-2H3. The average Bonchev–Trinajstić information content (AvgIpc) is 2.28. The molecule has 0 aromatic heterocycles. The molecule has 5 heteroatoms. The van der Waals surface area contributed by atoms with E-state index >= 15 is 0 Å². The second-order valence-electron chi connectivity index (χ2n) is 3.99. The highest BCUT2D eigenvalue weighted by Crippen LogP contribution is 2.21. The fourth-order valence-corrected chi connectivity index (χ4v) is 1.72. The van der Waals surface area contributed by atoms with Crippen molar-refractivity contribution in [1.29, 1.82) is 0 Å². The molecule has 3 nitrogen and oxygen atoms in total. The molecule has 0 aliphatic heterocycles. The Morgan fingerprint density at radius 1 is 1.47 bits per heavy atom. The van der Waals surface area contributed by atoms with Gasteiger partial charge in [0, 0.05) is 18.6 Å². The Bertz CT molecular complexity index is 407. The summed E-state index contributed by atoms with van der Waals surface area (Å²) in [4.78, 5) is 13.5. The molecule has 0 bridgehead atoms. The Balaban J connectivity index is 2.78. The van der Waals surface area contributed by atoms with E-state index in [0.29, 0.717) is 28.6 Å². The predicted molar refractivity (Wildman–Crippen MR) is 69.7 cm³/mol. The van der Waals surface area contributed by atoms with Crippen LogP contribution in [0, 0.1) is 0 Å². The third-order valence-corrected chi connectivity index (χ3v) is 2.95. The van der Waals surface area contributed by atoms with Gasteiger partial charge >= 0.3 is 0 Å². The maximum atomic E-state index is 12.0. The Morgan fingerprint density at radius 2 is 2.12 bits per heavy atom. The van der Waals surface area contributed by atoms with Crippen molar-refractivity contribution in [2.24, 2.45) is 0 Å². The summed E-state index contributed by atoms with van der Waals surface area (Å²) in [6, 6.07) is 4.78. The second-order valence-corrected chi connectivity index (χ2v) is 4.83. The van der Waals surface area contributed by atoms with Gasteiger partial charge in [-0.15, -0.1) is 0 Å². The number of aliphatic hydroxyl groups excluding tert-OH is 1. The normalized spacial score (nSPS) is 12.3. The lowest BCUT2D eigenvalue weighted by Crippen LogP contribution is -2.29. The summed E-state index contributed by atoms with van der Waals surface area (Å²) in [6.07, 6.45) is 0.0977. The van der Waals surface area contributed by atoms with Crippen molar-refractivity contribution in [3.8, 4) is 0 Å². The summed E-state index contributed by atoms with van der Waals surface area (Å²) in [5.41, 5.74) is 0.382. The van der Waals surface area contributed by atoms with Crippen molar-refractivity contribution in [3.63, 3.8) is 0 Å². The lowest BCUT2D eigenvalue weighted by atomic mass is 10.2. The van der Waals surface area contributed by atoms with Gasteiger partial charge in [-0.25, -0.2) is 0 Å². The van der Waals surface area contributed by atoms with Gasteiger partial charge < -0.3 is 10.0 Å². The first-order valence-electron chi connectivity index (χ1n) is 5.30. The van der Waals surface area contributed by atoms with Crippen LogP contribution in [0.3, 0.4) is 0 Å². The third-order valence-electron chi connectivity index (χ3n) is 2.39. The van der Waals surface area contributed by atoms with Crippen LogP contribution >= 0.6 is 23.2 Å². The molecule has 1 aromatic rings. The number of halogens is 2. The smallest absolute Gasteiger partial charge is 0.255 e. The molecule has 0 aliphatic rings. The van der Waals surface area contributed by atoms with Crippen LogP contribution in [0.5, 0.6) is 0 Å². The number of nitrogens with zero attached hydrogens (tertiary/aromatic N) is 1. The molecule has 17 heavy (non-hydrogen) atoms. The summed E-state index contributed by atoms with van der Waals surface area (Å²) in [6.45, 7) is 2.16. The van der Waals surface area contributed by atoms with Gasteiger partial charge in [0.15, 0.2) is 0 Å². The zero-order valence-electron chi connectivity index (χ0n) is 9.78. The molecule has 94 valence electrons. The van der Waals surface area contributed by atoms with E-state index in [9.17, 15) is 4.79 Å². The molecule has 0 saturated carbocycles. The maximum Gasteiger partial charge on any atom is 0.255 e. The van der Waals surface area contributed by atoms with Crippen LogP contribution in [-0.2, 0) is 0 Å². The summed E-state index contributed by atoms with van der Waals surface area (Å²) >= 11 is 11.8. The highest BCUT2D eigenvalue weighted by Gasteiger charge is 2.15. The van der Waals surface area contributed by atoms with Crippen molar-refractivity contribution in [2.75, 3.05) is 13.6 Å². The van der Waals surface area contributed by atoms with Gasteiger partial charge in [0.2, 0.25) is 0 Å². The molecule has 1 N–H and O–H groups in total. The molecule has 0 radical (unpaired) electrons. The Labute approximate surface area is 111 Å². The minimum atomic E-state index is -0.430. The number of hydrogen-bond acceptors (Lipinski definition) is 2. The van der Waals surface area contributed by atoms with Gasteiger partial charge in [-0.2, -0.15) is 0 Å². The van der Waals surface area contributed by atoms with E-state index in [1.165, 1.54) is 4.90 Å². The Kier molecular flexibility index (Phi) is 5.25. The molecule has 0 spiro atoms. The number of aliphatic hydroxyl groups is 1. The average molecular weight is 276 g/mol. The molecule has 1 atom stereocenters. The van der Waals surface area contributed by atoms with Gasteiger partial charge in [0.05, 0.1) is 16.7 Å². The molecule has 0 heterocycles. The molecule has 1 aromatic carbocycles. The third kappa shape index (κ3) is 4.19. The number of carbonyl (C=O) groups excluding carboxylic acids is 1.